The highest BCUT2D eigenvalue weighted by molar-refractivity contribution is 6.30. The Morgan fingerprint density at radius 3 is 2.64 bits per heavy atom. The molecular weight excluding hydrogens is 336 g/mol. The maximum absolute atomic E-state index is 9.70. The molecule has 0 radical (unpaired) electrons. The van der Waals surface area contributed by atoms with Crippen molar-refractivity contribution in [2.75, 3.05) is 24.6 Å². The van der Waals surface area contributed by atoms with Crippen molar-refractivity contribution in [2.24, 2.45) is 0 Å². The summed E-state index contributed by atoms with van der Waals surface area (Å²) < 4.78 is 5.91. The van der Waals surface area contributed by atoms with Gasteiger partial charge in [-0.2, -0.15) is 10.4 Å². The lowest BCUT2D eigenvalue weighted by Crippen LogP contribution is -2.39. The minimum atomic E-state index is -0.0738. The summed E-state index contributed by atoms with van der Waals surface area (Å²) in [6.07, 6.45) is 1.48. The zero-order valence-electron chi connectivity index (χ0n) is 14.5. The van der Waals surface area contributed by atoms with Crippen LogP contribution in [0.15, 0.2) is 24.3 Å². The Bertz CT molecular complexity index is 785. The molecular formula is C19H21ClN4O. The van der Waals surface area contributed by atoms with Gasteiger partial charge >= 0.3 is 0 Å². The third kappa shape index (κ3) is 3.60. The number of nitriles is 1. The Balaban J connectivity index is 1.91. The first-order chi connectivity index (χ1) is 12.2. The lowest BCUT2D eigenvalue weighted by Gasteiger charge is -2.34. The van der Waals surface area contributed by atoms with Crippen molar-refractivity contribution >= 4 is 17.4 Å². The molecule has 2 heterocycles. The molecule has 0 N–H and O–H groups in total. The van der Waals surface area contributed by atoms with E-state index < -0.39 is 0 Å². The maximum atomic E-state index is 9.70. The summed E-state index contributed by atoms with van der Waals surface area (Å²) in [5.74, 6) is 0.666. The molecule has 1 fully saturated rings. The summed E-state index contributed by atoms with van der Waals surface area (Å²) in [6, 6.07) is 10.0. The SMILES string of the molecule is CCc1nnc(N2CCOC(c3ccc(Cl)cc3)C2)c(C#N)c1CC. The van der Waals surface area contributed by atoms with Crippen LogP contribution in [0.3, 0.4) is 0 Å². The quantitative estimate of drug-likeness (QED) is 0.835. The molecule has 2 aromatic rings. The number of aryl methyl sites for hydroxylation is 1. The Kier molecular flexibility index (Phi) is 5.52. The van der Waals surface area contributed by atoms with Crippen LogP contribution in [0.4, 0.5) is 5.82 Å². The molecule has 0 bridgehead atoms. The van der Waals surface area contributed by atoms with Gasteiger partial charge in [-0.25, -0.2) is 0 Å². The molecule has 0 saturated carbocycles. The van der Waals surface area contributed by atoms with Gasteiger partial charge in [0, 0.05) is 18.1 Å². The van der Waals surface area contributed by atoms with E-state index in [4.69, 9.17) is 16.3 Å². The van der Waals surface area contributed by atoms with Gasteiger partial charge in [-0.05, 0) is 36.1 Å². The standard InChI is InChI=1S/C19H21ClN4O/c1-3-15-16(11-21)19(23-22-17(15)4-2)24-9-10-25-18(12-24)13-5-7-14(20)8-6-13/h5-8,18H,3-4,9-10,12H2,1-2H3. The summed E-state index contributed by atoms with van der Waals surface area (Å²) in [7, 11) is 0. The number of nitrogens with zero attached hydrogens (tertiary/aromatic N) is 4. The van der Waals surface area contributed by atoms with E-state index in [1.165, 1.54) is 0 Å². The summed E-state index contributed by atoms with van der Waals surface area (Å²) >= 11 is 5.97. The summed E-state index contributed by atoms with van der Waals surface area (Å²) in [5, 5.41) is 19.1. The average molecular weight is 357 g/mol. The van der Waals surface area contributed by atoms with E-state index in [1.807, 2.05) is 31.2 Å². The van der Waals surface area contributed by atoms with Crippen LogP contribution in [0, 0.1) is 11.3 Å². The van der Waals surface area contributed by atoms with E-state index in [0.717, 1.165) is 29.7 Å². The van der Waals surface area contributed by atoms with E-state index >= 15 is 0 Å². The van der Waals surface area contributed by atoms with Crippen LogP contribution < -0.4 is 4.90 Å². The second kappa shape index (κ2) is 7.81. The molecule has 5 nitrogen and oxygen atoms in total. The zero-order valence-corrected chi connectivity index (χ0v) is 15.3. The number of morpholine rings is 1. The fraction of sp³-hybridized carbons (Fsp3) is 0.421. The van der Waals surface area contributed by atoms with Crippen LogP contribution in [0.25, 0.3) is 0 Å². The van der Waals surface area contributed by atoms with Gasteiger partial charge in [0.15, 0.2) is 5.82 Å². The second-order valence-electron chi connectivity index (χ2n) is 6.00. The minimum Gasteiger partial charge on any atom is -0.370 e. The first-order valence-electron chi connectivity index (χ1n) is 8.58. The molecule has 3 rings (SSSR count). The average Bonchev–Trinajstić information content (AvgIpc) is 2.67. The third-order valence-corrected chi connectivity index (χ3v) is 4.80. The molecule has 1 aromatic carbocycles. The molecule has 0 aliphatic carbocycles. The van der Waals surface area contributed by atoms with Crippen LogP contribution in [-0.4, -0.2) is 29.9 Å². The largest absolute Gasteiger partial charge is 0.370 e. The van der Waals surface area contributed by atoms with Crippen LogP contribution >= 0.6 is 11.6 Å². The van der Waals surface area contributed by atoms with Crippen LogP contribution in [0.5, 0.6) is 0 Å². The molecule has 0 spiro atoms. The maximum Gasteiger partial charge on any atom is 0.169 e. The Hall–Kier alpha value is -2.16. The molecule has 1 aliphatic heterocycles. The molecule has 1 aromatic heterocycles. The molecule has 0 amide bonds. The van der Waals surface area contributed by atoms with Gasteiger partial charge < -0.3 is 9.64 Å². The number of hydrogen-bond donors (Lipinski definition) is 0. The van der Waals surface area contributed by atoms with E-state index in [9.17, 15) is 5.26 Å². The Morgan fingerprint density at radius 2 is 2.00 bits per heavy atom. The van der Waals surface area contributed by atoms with Gasteiger partial charge in [-0.3, -0.25) is 0 Å². The van der Waals surface area contributed by atoms with Crippen molar-refractivity contribution < 1.29 is 4.74 Å². The van der Waals surface area contributed by atoms with E-state index in [1.54, 1.807) is 0 Å². The number of aromatic nitrogens is 2. The Labute approximate surface area is 153 Å². The fourth-order valence-corrected chi connectivity index (χ4v) is 3.35. The number of anilines is 1. The topological polar surface area (TPSA) is 62.0 Å². The fourth-order valence-electron chi connectivity index (χ4n) is 3.22. The molecule has 1 aliphatic rings. The first kappa shape index (κ1) is 17.7. The summed E-state index contributed by atoms with van der Waals surface area (Å²) in [6.45, 7) is 6.00. The van der Waals surface area contributed by atoms with Crippen LogP contribution in [-0.2, 0) is 17.6 Å². The predicted octanol–water partition coefficient (Wildman–Crippen LogP) is 3.70. The highest BCUT2D eigenvalue weighted by Crippen LogP contribution is 2.29. The van der Waals surface area contributed by atoms with Gasteiger partial charge in [0.2, 0.25) is 0 Å². The first-order valence-corrected chi connectivity index (χ1v) is 8.96. The molecule has 25 heavy (non-hydrogen) atoms. The minimum absolute atomic E-state index is 0.0738. The van der Waals surface area contributed by atoms with E-state index in [0.29, 0.717) is 36.1 Å². The predicted molar refractivity (Wildman–Crippen MR) is 97.9 cm³/mol. The highest BCUT2D eigenvalue weighted by atomic mass is 35.5. The third-order valence-electron chi connectivity index (χ3n) is 4.55. The van der Waals surface area contributed by atoms with Gasteiger partial charge in [0.1, 0.15) is 17.7 Å². The lowest BCUT2D eigenvalue weighted by atomic mass is 10.0. The normalized spacial score (nSPS) is 17.4. The zero-order chi connectivity index (χ0) is 17.8. The highest BCUT2D eigenvalue weighted by Gasteiger charge is 2.26. The van der Waals surface area contributed by atoms with Gasteiger partial charge in [-0.15, -0.1) is 5.10 Å². The monoisotopic (exact) mass is 356 g/mol. The van der Waals surface area contributed by atoms with Crippen molar-refractivity contribution in [3.05, 3.63) is 51.7 Å². The van der Waals surface area contributed by atoms with Gasteiger partial charge in [-0.1, -0.05) is 37.6 Å². The van der Waals surface area contributed by atoms with Crippen molar-refractivity contribution in [1.82, 2.24) is 10.2 Å². The summed E-state index contributed by atoms with van der Waals surface area (Å²) in [5.41, 5.74) is 3.63. The number of rotatable bonds is 4. The smallest absolute Gasteiger partial charge is 0.169 e. The van der Waals surface area contributed by atoms with Crippen molar-refractivity contribution in [3.8, 4) is 6.07 Å². The van der Waals surface area contributed by atoms with Crippen molar-refractivity contribution in [1.29, 1.82) is 5.26 Å². The molecule has 1 saturated heterocycles. The van der Waals surface area contributed by atoms with Crippen molar-refractivity contribution in [3.63, 3.8) is 0 Å². The number of hydrogen-bond acceptors (Lipinski definition) is 5. The van der Waals surface area contributed by atoms with Crippen LogP contribution in [0.1, 0.15) is 42.3 Å². The van der Waals surface area contributed by atoms with E-state index in [-0.39, 0.29) is 6.10 Å². The lowest BCUT2D eigenvalue weighted by molar-refractivity contribution is 0.0394. The number of ether oxygens (including phenoxy) is 1. The number of benzene rings is 1. The molecule has 130 valence electrons. The number of halogens is 1. The second-order valence-corrected chi connectivity index (χ2v) is 6.44. The van der Waals surface area contributed by atoms with Gasteiger partial charge in [0.05, 0.1) is 12.3 Å². The summed E-state index contributed by atoms with van der Waals surface area (Å²) in [4.78, 5) is 2.10. The molecule has 6 heteroatoms. The molecule has 1 unspecified atom stereocenters. The van der Waals surface area contributed by atoms with Gasteiger partial charge in [0.25, 0.3) is 0 Å². The van der Waals surface area contributed by atoms with E-state index in [2.05, 4.69) is 28.1 Å². The van der Waals surface area contributed by atoms with Crippen molar-refractivity contribution in [2.45, 2.75) is 32.8 Å². The Morgan fingerprint density at radius 1 is 1.24 bits per heavy atom. The van der Waals surface area contributed by atoms with Crippen LogP contribution in [0.2, 0.25) is 5.02 Å². The molecule has 1 atom stereocenters.